The first-order chi connectivity index (χ1) is 13.5. The largest absolute Gasteiger partial charge is 0.497 e. The summed E-state index contributed by atoms with van der Waals surface area (Å²) >= 11 is 1.19. The van der Waals surface area contributed by atoms with Crippen molar-refractivity contribution in [2.45, 2.75) is 18.1 Å². The van der Waals surface area contributed by atoms with Crippen LogP contribution < -0.4 is 15.9 Å². The molecular weight excluding hydrogens is 381 g/mol. The number of rotatable bonds is 7. The number of thioether (sulfide) groups is 1. The van der Waals surface area contributed by atoms with Crippen LogP contribution in [-0.4, -0.2) is 33.6 Å². The van der Waals surface area contributed by atoms with Crippen molar-refractivity contribution in [1.29, 1.82) is 0 Å². The summed E-state index contributed by atoms with van der Waals surface area (Å²) in [7, 11) is 1.59. The number of nitrogen functional groups attached to an aromatic ring is 1. The Bertz CT molecular complexity index is 944. The number of hydrogen-bond donors (Lipinski definition) is 2. The highest BCUT2D eigenvalue weighted by atomic mass is 32.2. The number of methoxy groups -OCH3 is 1. The number of nitrogens with one attached hydrogen (secondary N) is 1. The molecule has 1 atom stereocenters. The van der Waals surface area contributed by atoms with Crippen LogP contribution in [0.3, 0.4) is 0 Å². The van der Waals surface area contributed by atoms with Gasteiger partial charge in [0.2, 0.25) is 11.1 Å². The Labute approximate surface area is 166 Å². The third-order valence-corrected chi connectivity index (χ3v) is 5.04. The van der Waals surface area contributed by atoms with Gasteiger partial charge >= 0.3 is 0 Å². The zero-order chi connectivity index (χ0) is 20.1. The first-order valence-electron chi connectivity index (χ1n) is 8.50. The standard InChI is InChI=1S/C19H20FN5O2S/c1-12(13-3-7-15(20)8-4-13)22-17(26)11-28-19-24-23-18(25(19)21)14-5-9-16(27-2)10-6-14/h3-10,12H,11,21H2,1-2H3,(H,22,26)/t12-/m0/s1. The zero-order valence-electron chi connectivity index (χ0n) is 15.4. The van der Waals surface area contributed by atoms with Gasteiger partial charge in [-0.15, -0.1) is 10.2 Å². The van der Waals surface area contributed by atoms with E-state index in [4.69, 9.17) is 10.6 Å². The predicted octanol–water partition coefficient (Wildman–Crippen LogP) is 2.78. The SMILES string of the molecule is COc1ccc(-c2nnc(SCC(=O)N[C@@H](C)c3ccc(F)cc3)n2N)cc1. The first kappa shape index (κ1) is 19.7. The molecule has 0 saturated carbocycles. The molecule has 1 aromatic heterocycles. The minimum atomic E-state index is -0.312. The topological polar surface area (TPSA) is 95.1 Å². The number of nitrogens with zero attached hydrogens (tertiary/aromatic N) is 3. The molecule has 0 saturated heterocycles. The number of carbonyl (C=O) groups excluding carboxylic acids is 1. The summed E-state index contributed by atoms with van der Waals surface area (Å²) in [6.07, 6.45) is 0. The van der Waals surface area contributed by atoms with Crippen LogP contribution in [0.15, 0.2) is 53.7 Å². The molecule has 9 heteroatoms. The average Bonchev–Trinajstić information content (AvgIpc) is 3.07. The summed E-state index contributed by atoms with van der Waals surface area (Å²) in [6, 6.07) is 13.1. The molecule has 1 amide bonds. The Morgan fingerprint density at radius 2 is 1.89 bits per heavy atom. The maximum atomic E-state index is 13.0. The molecule has 0 aliphatic carbocycles. The lowest BCUT2D eigenvalue weighted by Crippen LogP contribution is -2.28. The maximum Gasteiger partial charge on any atom is 0.230 e. The highest BCUT2D eigenvalue weighted by Gasteiger charge is 2.15. The van der Waals surface area contributed by atoms with Crippen molar-refractivity contribution in [1.82, 2.24) is 20.2 Å². The van der Waals surface area contributed by atoms with Gasteiger partial charge in [-0.25, -0.2) is 9.07 Å². The lowest BCUT2D eigenvalue weighted by atomic mass is 10.1. The van der Waals surface area contributed by atoms with E-state index in [0.717, 1.165) is 16.9 Å². The fourth-order valence-corrected chi connectivity index (χ4v) is 3.23. The fraction of sp³-hybridized carbons (Fsp3) is 0.211. The van der Waals surface area contributed by atoms with E-state index in [1.807, 2.05) is 19.1 Å². The summed E-state index contributed by atoms with van der Waals surface area (Å²) in [5, 5.41) is 11.4. The molecule has 3 N–H and O–H groups in total. The van der Waals surface area contributed by atoms with E-state index in [0.29, 0.717) is 11.0 Å². The van der Waals surface area contributed by atoms with Crippen molar-refractivity contribution >= 4 is 17.7 Å². The van der Waals surface area contributed by atoms with Gasteiger partial charge in [-0.1, -0.05) is 23.9 Å². The van der Waals surface area contributed by atoms with Crippen molar-refractivity contribution in [3.8, 4) is 17.1 Å². The van der Waals surface area contributed by atoms with Crippen molar-refractivity contribution < 1.29 is 13.9 Å². The van der Waals surface area contributed by atoms with E-state index >= 15 is 0 Å². The van der Waals surface area contributed by atoms with Crippen LogP contribution in [-0.2, 0) is 4.79 Å². The van der Waals surface area contributed by atoms with Gasteiger partial charge in [-0.3, -0.25) is 4.79 Å². The first-order valence-corrected chi connectivity index (χ1v) is 9.49. The number of nitrogens with two attached hydrogens (primary N) is 1. The number of amides is 1. The van der Waals surface area contributed by atoms with E-state index in [9.17, 15) is 9.18 Å². The third-order valence-electron chi connectivity index (χ3n) is 4.09. The van der Waals surface area contributed by atoms with Crippen LogP contribution in [0.4, 0.5) is 4.39 Å². The number of benzene rings is 2. The molecule has 7 nitrogen and oxygen atoms in total. The summed E-state index contributed by atoms with van der Waals surface area (Å²) in [4.78, 5) is 12.2. The summed E-state index contributed by atoms with van der Waals surface area (Å²) in [5.41, 5.74) is 1.61. The van der Waals surface area contributed by atoms with Crippen LogP contribution in [0.5, 0.6) is 5.75 Å². The Morgan fingerprint density at radius 1 is 1.21 bits per heavy atom. The van der Waals surface area contributed by atoms with Crippen molar-refractivity contribution in [3.05, 3.63) is 59.9 Å². The lowest BCUT2D eigenvalue weighted by molar-refractivity contribution is -0.119. The quantitative estimate of drug-likeness (QED) is 0.467. The normalized spacial score (nSPS) is 11.8. The molecule has 3 rings (SSSR count). The highest BCUT2D eigenvalue weighted by molar-refractivity contribution is 7.99. The van der Waals surface area contributed by atoms with E-state index in [1.54, 1.807) is 31.4 Å². The predicted molar refractivity (Wildman–Crippen MR) is 106 cm³/mol. The molecule has 0 bridgehead atoms. The van der Waals surface area contributed by atoms with Crippen molar-refractivity contribution in [2.24, 2.45) is 0 Å². The second-order valence-electron chi connectivity index (χ2n) is 6.03. The van der Waals surface area contributed by atoms with E-state index in [2.05, 4.69) is 15.5 Å². The highest BCUT2D eigenvalue weighted by Crippen LogP contribution is 2.23. The summed E-state index contributed by atoms with van der Waals surface area (Å²) in [6.45, 7) is 1.84. The molecule has 146 valence electrons. The Balaban J connectivity index is 1.59. The Hall–Kier alpha value is -3.07. The fourth-order valence-electron chi connectivity index (χ4n) is 2.56. The molecule has 28 heavy (non-hydrogen) atoms. The van der Waals surface area contributed by atoms with E-state index in [-0.39, 0.29) is 23.5 Å². The Kier molecular flexibility index (Phi) is 6.15. The summed E-state index contributed by atoms with van der Waals surface area (Å²) < 4.78 is 19.5. The molecule has 0 unspecified atom stereocenters. The van der Waals surface area contributed by atoms with E-state index < -0.39 is 0 Å². The van der Waals surface area contributed by atoms with Gasteiger partial charge in [-0.2, -0.15) is 0 Å². The molecule has 2 aromatic carbocycles. The third kappa shape index (κ3) is 4.61. The monoisotopic (exact) mass is 401 g/mol. The summed E-state index contributed by atoms with van der Waals surface area (Å²) in [5.74, 6) is 6.92. The minimum Gasteiger partial charge on any atom is -0.497 e. The minimum absolute atomic E-state index is 0.128. The molecule has 1 heterocycles. The van der Waals surface area contributed by atoms with Gasteiger partial charge in [0.25, 0.3) is 0 Å². The number of ether oxygens (including phenoxy) is 1. The second-order valence-corrected chi connectivity index (χ2v) is 6.98. The maximum absolute atomic E-state index is 13.0. The molecule has 0 spiro atoms. The van der Waals surface area contributed by atoms with Crippen molar-refractivity contribution in [2.75, 3.05) is 18.7 Å². The molecule has 0 aliphatic rings. The van der Waals surface area contributed by atoms with Gasteiger partial charge in [0, 0.05) is 5.56 Å². The smallest absolute Gasteiger partial charge is 0.230 e. The van der Waals surface area contributed by atoms with Gasteiger partial charge in [0.05, 0.1) is 18.9 Å². The molecular formula is C19H20FN5O2S. The number of halogens is 1. The lowest BCUT2D eigenvalue weighted by Gasteiger charge is -2.14. The molecule has 0 fully saturated rings. The van der Waals surface area contributed by atoms with Crippen LogP contribution in [0.2, 0.25) is 0 Å². The van der Waals surface area contributed by atoms with Crippen LogP contribution in [0.25, 0.3) is 11.4 Å². The second kappa shape index (κ2) is 8.75. The number of aromatic nitrogens is 3. The average molecular weight is 401 g/mol. The van der Waals surface area contributed by atoms with Crippen molar-refractivity contribution in [3.63, 3.8) is 0 Å². The van der Waals surface area contributed by atoms with Crippen LogP contribution in [0.1, 0.15) is 18.5 Å². The van der Waals surface area contributed by atoms with E-state index in [1.165, 1.54) is 28.6 Å². The molecule has 0 aliphatic heterocycles. The van der Waals surface area contributed by atoms with Gasteiger partial charge < -0.3 is 15.9 Å². The molecule has 3 aromatic rings. The number of carbonyl (C=O) groups is 1. The van der Waals surface area contributed by atoms with Crippen LogP contribution in [0, 0.1) is 5.82 Å². The zero-order valence-corrected chi connectivity index (χ0v) is 16.2. The Morgan fingerprint density at radius 3 is 2.54 bits per heavy atom. The number of hydrogen-bond acceptors (Lipinski definition) is 6. The van der Waals surface area contributed by atoms with Gasteiger partial charge in [0.1, 0.15) is 11.6 Å². The van der Waals surface area contributed by atoms with Crippen LogP contribution >= 0.6 is 11.8 Å². The van der Waals surface area contributed by atoms with Gasteiger partial charge in [-0.05, 0) is 48.9 Å². The van der Waals surface area contributed by atoms with Gasteiger partial charge in [0.15, 0.2) is 5.82 Å². The molecule has 0 radical (unpaired) electrons.